The van der Waals surface area contributed by atoms with Crippen LogP contribution < -0.4 is 14.4 Å². The zero-order valence-corrected chi connectivity index (χ0v) is 20.2. The second-order valence-corrected chi connectivity index (χ2v) is 8.76. The van der Waals surface area contributed by atoms with Crippen LogP contribution in [0.25, 0.3) is 0 Å². The molecule has 0 saturated carbocycles. The van der Waals surface area contributed by atoms with Gasteiger partial charge in [0, 0.05) is 12.2 Å². The molecule has 7 heteroatoms. The first-order chi connectivity index (χ1) is 17.0. The van der Waals surface area contributed by atoms with Crippen molar-refractivity contribution < 1.29 is 24.1 Å². The number of nitrogens with zero attached hydrogens (tertiary/aromatic N) is 2. The molecule has 1 N–H and O–H groups in total. The van der Waals surface area contributed by atoms with Crippen molar-refractivity contribution in [1.29, 1.82) is 0 Å². The summed E-state index contributed by atoms with van der Waals surface area (Å²) < 4.78 is 17.2. The molecule has 1 saturated heterocycles. The second kappa shape index (κ2) is 11.7. The molecule has 1 fully saturated rings. The molecule has 0 unspecified atom stereocenters. The number of hydrogen-bond acceptors (Lipinski definition) is 6. The molecule has 0 aliphatic carbocycles. The smallest absolute Gasteiger partial charge is 0.415 e. The van der Waals surface area contributed by atoms with E-state index in [2.05, 4.69) is 4.90 Å². The second-order valence-electron chi connectivity index (χ2n) is 8.76. The van der Waals surface area contributed by atoms with E-state index in [0.717, 1.165) is 35.6 Å². The first-order valence-corrected chi connectivity index (χ1v) is 11.8. The van der Waals surface area contributed by atoms with E-state index in [1.807, 2.05) is 93.0 Å². The first kappa shape index (κ1) is 24.6. The fourth-order valence-electron chi connectivity index (χ4n) is 4.07. The van der Waals surface area contributed by atoms with E-state index in [1.165, 1.54) is 0 Å². The van der Waals surface area contributed by atoms with Crippen LogP contribution in [0.1, 0.15) is 23.6 Å². The van der Waals surface area contributed by atoms with Gasteiger partial charge in [-0.1, -0.05) is 42.5 Å². The number of amides is 1. The van der Waals surface area contributed by atoms with Gasteiger partial charge >= 0.3 is 6.09 Å². The van der Waals surface area contributed by atoms with E-state index in [-0.39, 0.29) is 6.61 Å². The average Bonchev–Trinajstić information content (AvgIpc) is 3.22. The SMILES string of the molecule is CN(C)CCCOc1ccc(N2C(=O)O[C@H](CO)[C@H]2c2ccc(OCc3ccccc3)cc2)cc1. The van der Waals surface area contributed by atoms with Crippen molar-refractivity contribution >= 4 is 11.8 Å². The number of cyclic esters (lactones) is 1. The number of anilines is 1. The normalized spacial score (nSPS) is 17.5. The molecule has 3 aromatic carbocycles. The number of rotatable bonds is 11. The van der Waals surface area contributed by atoms with Crippen LogP contribution in [0.15, 0.2) is 78.9 Å². The lowest BCUT2D eigenvalue weighted by Gasteiger charge is -2.25. The van der Waals surface area contributed by atoms with Gasteiger partial charge in [-0.05, 0) is 68.0 Å². The molecule has 1 heterocycles. The third-order valence-electron chi connectivity index (χ3n) is 5.86. The summed E-state index contributed by atoms with van der Waals surface area (Å²) in [6, 6.07) is 24.4. The van der Waals surface area contributed by atoms with Crippen molar-refractivity contribution in [3.8, 4) is 11.5 Å². The van der Waals surface area contributed by atoms with Crippen molar-refractivity contribution in [1.82, 2.24) is 4.90 Å². The summed E-state index contributed by atoms with van der Waals surface area (Å²) in [7, 11) is 4.07. The molecule has 7 nitrogen and oxygen atoms in total. The first-order valence-electron chi connectivity index (χ1n) is 11.8. The van der Waals surface area contributed by atoms with Crippen LogP contribution >= 0.6 is 0 Å². The van der Waals surface area contributed by atoms with E-state index in [9.17, 15) is 9.90 Å². The molecule has 184 valence electrons. The van der Waals surface area contributed by atoms with Gasteiger partial charge in [0.25, 0.3) is 0 Å². The largest absolute Gasteiger partial charge is 0.494 e. The number of carbonyl (C=O) groups excluding carboxylic acids is 1. The van der Waals surface area contributed by atoms with Gasteiger partial charge in [-0.15, -0.1) is 0 Å². The number of aliphatic hydroxyl groups is 1. The van der Waals surface area contributed by atoms with Crippen LogP contribution in [0.5, 0.6) is 11.5 Å². The van der Waals surface area contributed by atoms with Gasteiger partial charge in [0.1, 0.15) is 24.1 Å². The van der Waals surface area contributed by atoms with Crippen molar-refractivity contribution in [2.24, 2.45) is 0 Å². The number of benzene rings is 3. The summed E-state index contributed by atoms with van der Waals surface area (Å²) in [5.41, 5.74) is 2.62. The zero-order valence-electron chi connectivity index (χ0n) is 20.2. The lowest BCUT2D eigenvalue weighted by Crippen LogP contribution is -2.30. The maximum atomic E-state index is 12.7. The predicted octanol–water partition coefficient (Wildman–Crippen LogP) is 4.65. The lowest BCUT2D eigenvalue weighted by atomic mass is 10.0. The molecule has 0 bridgehead atoms. The van der Waals surface area contributed by atoms with Crippen LogP contribution in [0, 0.1) is 0 Å². The minimum absolute atomic E-state index is 0.272. The Morgan fingerprint density at radius 1 is 0.914 bits per heavy atom. The molecule has 3 aromatic rings. The monoisotopic (exact) mass is 476 g/mol. The molecule has 0 spiro atoms. The van der Waals surface area contributed by atoms with E-state index in [1.54, 1.807) is 4.90 Å². The van der Waals surface area contributed by atoms with E-state index in [0.29, 0.717) is 18.9 Å². The third kappa shape index (κ3) is 6.32. The summed E-state index contributed by atoms with van der Waals surface area (Å²) in [6.45, 7) is 1.78. The number of carbonyl (C=O) groups is 1. The van der Waals surface area contributed by atoms with Gasteiger partial charge in [0.05, 0.1) is 13.2 Å². The van der Waals surface area contributed by atoms with Gasteiger partial charge in [-0.2, -0.15) is 0 Å². The van der Waals surface area contributed by atoms with Gasteiger partial charge < -0.3 is 24.2 Å². The molecule has 35 heavy (non-hydrogen) atoms. The fraction of sp³-hybridized carbons (Fsp3) is 0.321. The van der Waals surface area contributed by atoms with Crippen molar-refractivity contribution in [2.75, 3.05) is 38.8 Å². The highest BCUT2D eigenvalue weighted by molar-refractivity contribution is 5.91. The Hall–Kier alpha value is -3.55. The van der Waals surface area contributed by atoms with Gasteiger partial charge in [0.2, 0.25) is 0 Å². The molecule has 4 rings (SSSR count). The Bertz CT molecular complexity index is 1070. The molecule has 2 atom stereocenters. The number of ether oxygens (including phenoxy) is 3. The highest BCUT2D eigenvalue weighted by Gasteiger charge is 2.43. The Labute approximate surface area is 206 Å². The lowest BCUT2D eigenvalue weighted by molar-refractivity contribution is 0.0829. The highest BCUT2D eigenvalue weighted by atomic mass is 16.6. The van der Waals surface area contributed by atoms with E-state index in [4.69, 9.17) is 14.2 Å². The standard InChI is InChI=1S/C28H32N2O5/c1-29(2)17-6-18-33-24-15-11-23(12-16-24)30-27(26(19-31)35-28(30)32)22-9-13-25(14-10-22)34-20-21-7-4-3-5-8-21/h3-5,7-16,26-27,31H,6,17-20H2,1-2H3/t26-,27-/m1/s1. The van der Waals surface area contributed by atoms with Crippen LogP contribution in [-0.2, 0) is 11.3 Å². The molecular formula is C28H32N2O5. The predicted molar refractivity (Wildman–Crippen MR) is 135 cm³/mol. The molecule has 1 aliphatic rings. The van der Waals surface area contributed by atoms with Gasteiger partial charge in [0.15, 0.2) is 6.10 Å². The van der Waals surface area contributed by atoms with Crippen LogP contribution in [0.3, 0.4) is 0 Å². The topological polar surface area (TPSA) is 71.5 Å². The number of hydrogen-bond donors (Lipinski definition) is 1. The minimum atomic E-state index is -0.666. The maximum absolute atomic E-state index is 12.7. The zero-order chi connectivity index (χ0) is 24.6. The van der Waals surface area contributed by atoms with E-state index >= 15 is 0 Å². The third-order valence-corrected chi connectivity index (χ3v) is 5.86. The fourth-order valence-corrected chi connectivity index (χ4v) is 4.07. The van der Waals surface area contributed by atoms with Crippen LogP contribution in [-0.4, -0.2) is 56.1 Å². The minimum Gasteiger partial charge on any atom is -0.494 e. The Morgan fingerprint density at radius 3 is 2.23 bits per heavy atom. The van der Waals surface area contributed by atoms with Gasteiger partial charge in [-0.3, -0.25) is 4.90 Å². The molecular weight excluding hydrogens is 444 g/mol. The van der Waals surface area contributed by atoms with Crippen LogP contribution in [0.4, 0.5) is 10.5 Å². The maximum Gasteiger partial charge on any atom is 0.415 e. The summed E-state index contributed by atoms with van der Waals surface area (Å²) in [4.78, 5) is 16.4. The average molecular weight is 477 g/mol. The van der Waals surface area contributed by atoms with E-state index < -0.39 is 18.2 Å². The molecule has 1 amide bonds. The summed E-state index contributed by atoms with van der Waals surface area (Å²) in [5.74, 6) is 1.47. The molecule has 0 radical (unpaired) electrons. The summed E-state index contributed by atoms with van der Waals surface area (Å²) >= 11 is 0. The quantitative estimate of drug-likeness (QED) is 0.406. The molecule has 0 aromatic heterocycles. The Morgan fingerprint density at radius 2 is 1.57 bits per heavy atom. The number of aliphatic hydroxyl groups excluding tert-OH is 1. The van der Waals surface area contributed by atoms with Crippen molar-refractivity contribution in [2.45, 2.75) is 25.2 Å². The Kier molecular flexibility index (Phi) is 8.23. The van der Waals surface area contributed by atoms with Crippen LogP contribution in [0.2, 0.25) is 0 Å². The van der Waals surface area contributed by atoms with Gasteiger partial charge in [-0.25, -0.2) is 4.79 Å². The van der Waals surface area contributed by atoms with Crippen molar-refractivity contribution in [3.63, 3.8) is 0 Å². The van der Waals surface area contributed by atoms with Crippen molar-refractivity contribution in [3.05, 3.63) is 90.0 Å². The molecule has 1 aliphatic heterocycles. The summed E-state index contributed by atoms with van der Waals surface area (Å²) in [5, 5.41) is 9.90. The highest BCUT2D eigenvalue weighted by Crippen LogP contribution is 2.38. The Balaban J connectivity index is 1.45. The summed E-state index contributed by atoms with van der Waals surface area (Å²) in [6.07, 6.45) is -0.225.